The Morgan fingerprint density at radius 2 is 1.58 bits per heavy atom. The number of nitrogens with one attached hydrogen (secondary N) is 2. The van der Waals surface area contributed by atoms with Crippen LogP contribution in [0.2, 0.25) is 0 Å². The van der Waals surface area contributed by atoms with Crippen molar-refractivity contribution in [3.05, 3.63) is 47.8 Å². The van der Waals surface area contributed by atoms with Crippen LogP contribution in [0.5, 0.6) is 17.2 Å². The molecule has 2 aromatic rings. The number of anilines is 1. The molecular weight excluding hydrogens is 343 g/mol. The largest absolute Gasteiger partial charge is 0.493 e. The number of hydrogen-bond donors (Lipinski definition) is 2. The molecule has 8 heteroatoms. The van der Waals surface area contributed by atoms with E-state index in [9.17, 15) is 14.0 Å². The quantitative estimate of drug-likeness (QED) is 0.769. The number of amides is 2. The molecule has 0 aliphatic carbocycles. The van der Waals surface area contributed by atoms with E-state index in [1.54, 1.807) is 6.07 Å². The van der Waals surface area contributed by atoms with Gasteiger partial charge in [-0.05, 0) is 6.07 Å². The molecule has 0 saturated carbocycles. The second kappa shape index (κ2) is 8.70. The molecule has 0 spiro atoms. The fourth-order valence-electron chi connectivity index (χ4n) is 2.24. The Kier molecular flexibility index (Phi) is 6.37. The van der Waals surface area contributed by atoms with Crippen LogP contribution in [-0.2, 0) is 16.1 Å². The van der Waals surface area contributed by atoms with Gasteiger partial charge in [-0.3, -0.25) is 9.59 Å². The van der Waals surface area contributed by atoms with Gasteiger partial charge in [0, 0.05) is 29.9 Å². The Bertz CT molecular complexity index is 785. The lowest BCUT2D eigenvalue weighted by Gasteiger charge is -2.14. The number of methoxy groups -OCH3 is 3. The maximum atomic E-state index is 13.5. The number of hydrogen-bond acceptors (Lipinski definition) is 5. The molecule has 2 rings (SSSR count). The van der Waals surface area contributed by atoms with E-state index in [2.05, 4.69) is 10.6 Å². The molecule has 0 atom stereocenters. The molecule has 2 amide bonds. The first-order valence-electron chi connectivity index (χ1n) is 7.62. The van der Waals surface area contributed by atoms with Crippen molar-refractivity contribution in [2.75, 3.05) is 26.6 Å². The normalized spacial score (nSPS) is 10.0. The Balaban J connectivity index is 2.06. The van der Waals surface area contributed by atoms with Gasteiger partial charge in [-0.1, -0.05) is 18.2 Å². The summed E-state index contributed by atoms with van der Waals surface area (Å²) >= 11 is 0. The summed E-state index contributed by atoms with van der Waals surface area (Å²) in [4.78, 5) is 24.0. The molecule has 0 heterocycles. The Hall–Kier alpha value is -3.29. The highest BCUT2D eigenvalue weighted by molar-refractivity contribution is 6.39. The highest BCUT2D eigenvalue weighted by atomic mass is 19.1. The zero-order chi connectivity index (χ0) is 19.1. The average Bonchev–Trinajstić information content (AvgIpc) is 2.66. The third kappa shape index (κ3) is 4.41. The number of benzene rings is 2. The molecule has 7 nitrogen and oxygen atoms in total. The van der Waals surface area contributed by atoms with Crippen LogP contribution < -0.4 is 24.8 Å². The van der Waals surface area contributed by atoms with Crippen LogP contribution in [0.3, 0.4) is 0 Å². The number of carbonyl (C=O) groups is 2. The van der Waals surface area contributed by atoms with E-state index in [1.165, 1.54) is 51.7 Å². The van der Waals surface area contributed by atoms with Crippen molar-refractivity contribution in [3.63, 3.8) is 0 Å². The van der Waals surface area contributed by atoms with Crippen molar-refractivity contribution >= 4 is 17.5 Å². The van der Waals surface area contributed by atoms with Crippen molar-refractivity contribution in [2.45, 2.75) is 6.54 Å². The zero-order valence-electron chi connectivity index (χ0n) is 14.6. The van der Waals surface area contributed by atoms with Gasteiger partial charge in [0.2, 0.25) is 5.75 Å². The molecule has 0 aromatic heterocycles. The molecule has 0 fully saturated rings. The average molecular weight is 362 g/mol. The van der Waals surface area contributed by atoms with Crippen LogP contribution in [0.1, 0.15) is 5.56 Å². The first-order chi connectivity index (χ1) is 12.5. The van der Waals surface area contributed by atoms with Crippen LogP contribution in [-0.4, -0.2) is 33.1 Å². The van der Waals surface area contributed by atoms with Crippen molar-refractivity contribution in [1.82, 2.24) is 5.32 Å². The summed E-state index contributed by atoms with van der Waals surface area (Å²) in [6.07, 6.45) is 0. The van der Waals surface area contributed by atoms with Gasteiger partial charge in [-0.25, -0.2) is 4.39 Å². The van der Waals surface area contributed by atoms with E-state index in [0.717, 1.165) is 0 Å². The van der Waals surface area contributed by atoms with E-state index in [4.69, 9.17) is 14.2 Å². The van der Waals surface area contributed by atoms with Crippen LogP contribution >= 0.6 is 0 Å². The van der Waals surface area contributed by atoms with E-state index in [1.807, 2.05) is 0 Å². The van der Waals surface area contributed by atoms with E-state index in [0.29, 0.717) is 17.2 Å². The molecule has 0 radical (unpaired) electrons. The van der Waals surface area contributed by atoms with Gasteiger partial charge >= 0.3 is 11.8 Å². The van der Waals surface area contributed by atoms with Crippen LogP contribution in [0.25, 0.3) is 0 Å². The van der Waals surface area contributed by atoms with E-state index in [-0.39, 0.29) is 17.8 Å². The molecule has 0 aliphatic rings. The lowest BCUT2D eigenvalue weighted by Crippen LogP contribution is -2.35. The highest BCUT2D eigenvalue weighted by Crippen LogP contribution is 2.39. The van der Waals surface area contributed by atoms with Crippen LogP contribution in [0, 0.1) is 5.82 Å². The molecule has 0 saturated heterocycles. The topological polar surface area (TPSA) is 85.9 Å². The van der Waals surface area contributed by atoms with E-state index >= 15 is 0 Å². The number of rotatable bonds is 6. The van der Waals surface area contributed by atoms with E-state index < -0.39 is 17.6 Å². The fourth-order valence-corrected chi connectivity index (χ4v) is 2.24. The summed E-state index contributed by atoms with van der Waals surface area (Å²) in [5.41, 5.74) is 0.562. The summed E-state index contributed by atoms with van der Waals surface area (Å²) < 4.78 is 29.1. The summed E-state index contributed by atoms with van der Waals surface area (Å²) in [6, 6.07) is 8.95. The predicted octanol–water partition coefficient (Wildman–Crippen LogP) is 2.11. The minimum atomic E-state index is -0.907. The maximum absolute atomic E-state index is 13.5. The van der Waals surface area contributed by atoms with Crippen LogP contribution in [0.15, 0.2) is 36.4 Å². The number of ether oxygens (including phenoxy) is 3. The summed E-state index contributed by atoms with van der Waals surface area (Å²) in [7, 11) is 4.32. The standard InChI is InChI=1S/C18H19FN2O5/c1-24-14-8-12(9-15(25-2)16(14)26-3)21-18(23)17(22)20-10-11-6-4-5-7-13(11)19/h4-9H,10H2,1-3H3,(H,20,22)(H,21,23). The third-order valence-electron chi connectivity index (χ3n) is 3.53. The van der Waals surface area contributed by atoms with Gasteiger partial charge in [-0.2, -0.15) is 0 Å². The summed E-state index contributed by atoms with van der Waals surface area (Å²) in [6.45, 7) is -0.103. The zero-order valence-corrected chi connectivity index (χ0v) is 14.6. The van der Waals surface area contributed by atoms with Crippen molar-refractivity contribution < 1.29 is 28.2 Å². The third-order valence-corrected chi connectivity index (χ3v) is 3.53. The Labute approximate surface area is 150 Å². The monoisotopic (exact) mass is 362 g/mol. The summed E-state index contributed by atoms with van der Waals surface area (Å²) in [5, 5.41) is 4.79. The lowest BCUT2D eigenvalue weighted by molar-refractivity contribution is -0.136. The van der Waals surface area contributed by atoms with Gasteiger partial charge in [0.25, 0.3) is 0 Å². The second-order valence-corrected chi connectivity index (χ2v) is 5.14. The summed E-state index contributed by atoms with van der Waals surface area (Å²) in [5.74, 6) is -1.25. The first kappa shape index (κ1) is 19.0. The first-order valence-corrected chi connectivity index (χ1v) is 7.62. The van der Waals surface area contributed by atoms with Gasteiger partial charge in [0.1, 0.15) is 5.82 Å². The smallest absolute Gasteiger partial charge is 0.313 e. The lowest BCUT2D eigenvalue weighted by atomic mass is 10.2. The second-order valence-electron chi connectivity index (χ2n) is 5.14. The Morgan fingerprint density at radius 3 is 2.12 bits per heavy atom. The van der Waals surface area contributed by atoms with Gasteiger partial charge in [-0.15, -0.1) is 0 Å². The van der Waals surface area contributed by atoms with Crippen molar-refractivity contribution in [2.24, 2.45) is 0 Å². The minimum absolute atomic E-state index is 0.103. The molecule has 0 aliphatic heterocycles. The van der Waals surface area contributed by atoms with Crippen molar-refractivity contribution in [1.29, 1.82) is 0 Å². The highest BCUT2D eigenvalue weighted by Gasteiger charge is 2.18. The molecule has 2 aromatic carbocycles. The molecule has 138 valence electrons. The van der Waals surface area contributed by atoms with Crippen molar-refractivity contribution in [3.8, 4) is 17.2 Å². The number of halogens is 1. The predicted molar refractivity (Wildman–Crippen MR) is 93.0 cm³/mol. The SMILES string of the molecule is COc1cc(NC(=O)C(=O)NCc2ccccc2F)cc(OC)c1OC. The van der Waals surface area contributed by atoms with Gasteiger partial charge < -0.3 is 24.8 Å². The molecule has 0 bridgehead atoms. The van der Waals surface area contributed by atoms with Gasteiger partial charge in [0.05, 0.1) is 21.3 Å². The maximum Gasteiger partial charge on any atom is 0.313 e. The molecule has 26 heavy (non-hydrogen) atoms. The number of carbonyl (C=O) groups excluding carboxylic acids is 2. The van der Waals surface area contributed by atoms with Crippen LogP contribution in [0.4, 0.5) is 10.1 Å². The fraction of sp³-hybridized carbons (Fsp3) is 0.222. The molecule has 2 N–H and O–H groups in total. The molecule has 0 unspecified atom stereocenters. The Morgan fingerprint density at radius 1 is 0.962 bits per heavy atom. The molecular formula is C18H19FN2O5. The minimum Gasteiger partial charge on any atom is -0.493 e. The van der Waals surface area contributed by atoms with Gasteiger partial charge in [0.15, 0.2) is 11.5 Å².